The molecule has 1 heteroatoms. The van der Waals surface area contributed by atoms with Crippen LogP contribution in [0, 0.1) is 0 Å². The second kappa shape index (κ2) is 37.2. The molecule has 0 bridgehead atoms. The van der Waals surface area contributed by atoms with E-state index in [0.29, 0.717) is 12.2 Å². The average molecular weight is 573 g/mol. The molecule has 0 aliphatic heterocycles. The lowest BCUT2D eigenvalue weighted by Crippen LogP contribution is -1.94. The van der Waals surface area contributed by atoms with Crippen LogP contribution in [0.2, 0.25) is 0 Å². The van der Waals surface area contributed by atoms with Gasteiger partial charge in [0.05, 0.1) is 0 Å². The van der Waals surface area contributed by atoms with Gasteiger partial charge in [-0.25, -0.2) is 0 Å². The Morgan fingerprint density at radius 1 is 0.341 bits per heavy atom. The molecule has 0 N–H and O–H groups in total. The highest BCUT2D eigenvalue weighted by molar-refractivity contribution is 5.77. The van der Waals surface area contributed by atoms with Crippen molar-refractivity contribution in [1.82, 2.24) is 0 Å². The van der Waals surface area contributed by atoms with Gasteiger partial charge in [-0.1, -0.05) is 179 Å². The third-order valence-electron chi connectivity index (χ3n) is 8.77. The second-order valence-electron chi connectivity index (χ2n) is 12.9. The number of hydrogen-bond donors (Lipinski definition) is 0. The Balaban J connectivity index is 3.16. The molecule has 0 spiro atoms. The van der Waals surface area contributed by atoms with Crippen LogP contribution >= 0.6 is 0 Å². The zero-order valence-corrected chi connectivity index (χ0v) is 28.6. The molecule has 0 unspecified atom stereocenters. The summed E-state index contributed by atoms with van der Waals surface area (Å²) in [5.41, 5.74) is 0. The molecule has 0 saturated carbocycles. The fraction of sp³-hybridized carbons (Fsp3) is 0.875. The number of carbonyl (C=O) groups is 1. The molecule has 0 amide bonds. The summed E-state index contributed by atoms with van der Waals surface area (Å²) in [6.45, 7) is 4.27. The topological polar surface area (TPSA) is 17.1 Å². The van der Waals surface area contributed by atoms with Crippen LogP contribution in [0.3, 0.4) is 0 Å². The lowest BCUT2D eigenvalue weighted by Gasteiger charge is -2.02. The van der Waals surface area contributed by atoms with Gasteiger partial charge in [0.2, 0.25) is 0 Å². The van der Waals surface area contributed by atoms with Crippen LogP contribution < -0.4 is 0 Å². The molecule has 1 nitrogen and oxygen atoms in total. The number of unbranched alkanes of at least 4 members (excludes halogenated alkanes) is 28. The number of Topliss-reactive ketones (excluding diaryl/α,β-unsaturated/α-hetero) is 1. The van der Waals surface area contributed by atoms with E-state index in [9.17, 15) is 4.79 Å². The van der Waals surface area contributed by atoms with Gasteiger partial charge in [0.1, 0.15) is 5.78 Å². The highest BCUT2D eigenvalue weighted by Gasteiger charge is 1.98. The van der Waals surface area contributed by atoms with Gasteiger partial charge >= 0.3 is 0 Å². The van der Waals surface area contributed by atoms with Crippen LogP contribution in [0.25, 0.3) is 0 Å². The minimum absolute atomic E-state index is 0.434. The van der Waals surface area contributed by atoms with Gasteiger partial charge in [-0.3, -0.25) is 4.79 Å². The quantitative estimate of drug-likeness (QED) is 0.0545. The van der Waals surface area contributed by atoms with E-state index in [2.05, 4.69) is 31.2 Å². The number of carbonyl (C=O) groups excluding carboxylic acids is 1. The summed E-state index contributed by atoms with van der Waals surface area (Å²) in [6, 6.07) is 0. The summed E-state index contributed by atoms with van der Waals surface area (Å²) < 4.78 is 0. The summed E-state index contributed by atoms with van der Waals surface area (Å²) in [4.78, 5) is 11.3. The molecule has 0 radical (unpaired) electrons. The fourth-order valence-corrected chi connectivity index (χ4v) is 5.80. The molecular weight excluding hydrogens is 496 g/mol. The maximum Gasteiger partial charge on any atom is 0.132 e. The van der Waals surface area contributed by atoms with Gasteiger partial charge in [0, 0.05) is 12.8 Å². The molecule has 0 atom stereocenters. The van der Waals surface area contributed by atoms with E-state index in [0.717, 1.165) is 12.8 Å². The van der Waals surface area contributed by atoms with E-state index in [4.69, 9.17) is 0 Å². The minimum Gasteiger partial charge on any atom is -0.300 e. The molecule has 0 aromatic rings. The number of hydrogen-bond acceptors (Lipinski definition) is 1. The molecule has 0 rings (SSSR count). The van der Waals surface area contributed by atoms with Crippen molar-refractivity contribution < 1.29 is 4.79 Å². The predicted octanol–water partition coefficient (Wildman–Crippen LogP) is 14.6. The molecule has 0 saturated heterocycles. The van der Waals surface area contributed by atoms with Crippen molar-refractivity contribution in [2.45, 2.75) is 226 Å². The minimum atomic E-state index is 0.434. The molecule has 0 aromatic heterocycles. The predicted molar refractivity (Wildman–Crippen MR) is 187 cm³/mol. The van der Waals surface area contributed by atoms with Crippen LogP contribution in [0.4, 0.5) is 0 Å². The van der Waals surface area contributed by atoms with Crippen molar-refractivity contribution in [2.24, 2.45) is 0 Å². The third kappa shape index (κ3) is 37.1. The maximum absolute atomic E-state index is 11.3. The molecule has 0 aliphatic rings. The van der Waals surface area contributed by atoms with Crippen LogP contribution in [0.1, 0.15) is 226 Å². The first kappa shape index (κ1) is 40.1. The lowest BCUT2D eigenvalue weighted by molar-refractivity contribution is -0.118. The molecule has 0 fully saturated rings. The Morgan fingerprint density at radius 3 is 0.878 bits per heavy atom. The maximum atomic E-state index is 11.3. The van der Waals surface area contributed by atoms with Crippen molar-refractivity contribution in [2.75, 3.05) is 0 Å². The van der Waals surface area contributed by atoms with E-state index < -0.39 is 0 Å². The zero-order chi connectivity index (χ0) is 29.7. The van der Waals surface area contributed by atoms with Crippen LogP contribution in [-0.4, -0.2) is 5.78 Å². The van der Waals surface area contributed by atoms with Gasteiger partial charge in [0.15, 0.2) is 0 Å². The molecular formula is C40H76O. The Morgan fingerprint density at radius 2 is 0.585 bits per heavy atom. The van der Waals surface area contributed by atoms with Gasteiger partial charge in [-0.05, 0) is 57.8 Å². The molecule has 41 heavy (non-hydrogen) atoms. The zero-order valence-electron chi connectivity index (χ0n) is 28.6. The van der Waals surface area contributed by atoms with Crippen LogP contribution in [0.5, 0.6) is 0 Å². The standard InChI is InChI=1S/C40H76O/c1-3-5-6-7-8-9-10-11-12-13-14-15-16-17-18-19-20-21-22-23-24-25-26-27-28-29-30-31-32-33-34-35-36-37-38-39-40(41)4-2/h19-20,26-27H,3-18,21-25,28-39H2,1-2H3/b20-19+,27-26+. The first-order valence-electron chi connectivity index (χ1n) is 19.1. The Hall–Kier alpha value is -0.850. The number of rotatable bonds is 35. The third-order valence-corrected chi connectivity index (χ3v) is 8.77. The largest absolute Gasteiger partial charge is 0.300 e. The Kier molecular flexibility index (Phi) is 36.4. The van der Waals surface area contributed by atoms with E-state index in [1.54, 1.807) is 0 Å². The van der Waals surface area contributed by atoms with Crippen molar-refractivity contribution >= 4 is 5.78 Å². The number of ketones is 1. The SMILES string of the molecule is CCCCCCCCCCCCCCCC/C=C/CCCCC/C=C/CCCCCCCCCCCCC(=O)CC. The van der Waals surface area contributed by atoms with Gasteiger partial charge < -0.3 is 0 Å². The normalized spacial score (nSPS) is 11.9. The fourth-order valence-electron chi connectivity index (χ4n) is 5.80. The van der Waals surface area contributed by atoms with Gasteiger partial charge in [-0.15, -0.1) is 0 Å². The van der Waals surface area contributed by atoms with Crippen molar-refractivity contribution in [3.05, 3.63) is 24.3 Å². The monoisotopic (exact) mass is 573 g/mol. The molecule has 0 aliphatic carbocycles. The van der Waals surface area contributed by atoms with Crippen LogP contribution in [0.15, 0.2) is 24.3 Å². The summed E-state index contributed by atoms with van der Waals surface area (Å²) >= 11 is 0. The second-order valence-corrected chi connectivity index (χ2v) is 12.9. The van der Waals surface area contributed by atoms with Crippen molar-refractivity contribution in [1.29, 1.82) is 0 Å². The summed E-state index contributed by atoms with van der Waals surface area (Å²) in [5.74, 6) is 0.434. The molecule has 242 valence electrons. The lowest BCUT2D eigenvalue weighted by atomic mass is 10.0. The average Bonchev–Trinajstić information content (AvgIpc) is 2.99. The van der Waals surface area contributed by atoms with E-state index in [1.807, 2.05) is 6.92 Å². The van der Waals surface area contributed by atoms with Crippen LogP contribution in [-0.2, 0) is 4.79 Å². The highest BCUT2D eigenvalue weighted by atomic mass is 16.1. The molecule has 0 heterocycles. The molecule has 0 aromatic carbocycles. The van der Waals surface area contributed by atoms with E-state index >= 15 is 0 Å². The Bertz CT molecular complexity index is 545. The summed E-state index contributed by atoms with van der Waals surface area (Å²) in [6.07, 6.45) is 54.2. The van der Waals surface area contributed by atoms with E-state index in [-0.39, 0.29) is 0 Å². The van der Waals surface area contributed by atoms with Gasteiger partial charge in [-0.2, -0.15) is 0 Å². The number of allylic oxidation sites excluding steroid dienone is 4. The Labute approximate surface area is 260 Å². The van der Waals surface area contributed by atoms with Gasteiger partial charge in [0.25, 0.3) is 0 Å². The summed E-state index contributed by atoms with van der Waals surface area (Å²) in [5, 5.41) is 0. The highest BCUT2D eigenvalue weighted by Crippen LogP contribution is 2.15. The van der Waals surface area contributed by atoms with E-state index in [1.165, 1.54) is 193 Å². The smallest absolute Gasteiger partial charge is 0.132 e. The van der Waals surface area contributed by atoms with Crippen molar-refractivity contribution in [3.8, 4) is 0 Å². The van der Waals surface area contributed by atoms with Crippen molar-refractivity contribution in [3.63, 3.8) is 0 Å². The summed E-state index contributed by atoms with van der Waals surface area (Å²) in [7, 11) is 0. The first-order chi connectivity index (χ1) is 20.3. The first-order valence-corrected chi connectivity index (χ1v) is 19.1.